The van der Waals surface area contributed by atoms with E-state index >= 15 is 0 Å². The summed E-state index contributed by atoms with van der Waals surface area (Å²) >= 11 is 0. The van der Waals surface area contributed by atoms with Crippen molar-refractivity contribution in [2.45, 2.75) is 13.5 Å². The summed E-state index contributed by atoms with van der Waals surface area (Å²) in [5, 5.41) is 3.14. The molecule has 0 radical (unpaired) electrons. The van der Waals surface area contributed by atoms with E-state index < -0.39 is 0 Å². The number of amides is 1. The number of carbonyl (C=O) groups is 1. The summed E-state index contributed by atoms with van der Waals surface area (Å²) in [5.41, 5.74) is 2.51. The van der Waals surface area contributed by atoms with E-state index in [0.29, 0.717) is 13.1 Å². The number of nitrogens with zero attached hydrogens (tertiary/aromatic N) is 2. The predicted molar refractivity (Wildman–Crippen MR) is 90.4 cm³/mol. The van der Waals surface area contributed by atoms with Crippen LogP contribution in [0.4, 0.5) is 5.69 Å². The van der Waals surface area contributed by atoms with Gasteiger partial charge in [-0.15, -0.1) is 0 Å². The van der Waals surface area contributed by atoms with Gasteiger partial charge in [0.2, 0.25) is 5.91 Å². The Balaban J connectivity index is 1.44. The molecule has 2 heterocycles. The van der Waals surface area contributed by atoms with Crippen LogP contribution in [0.3, 0.4) is 0 Å². The smallest absolute Gasteiger partial charge is 0.236 e. The molecule has 1 aliphatic heterocycles. The van der Waals surface area contributed by atoms with E-state index in [1.165, 1.54) is 11.3 Å². The summed E-state index contributed by atoms with van der Waals surface area (Å²) in [4.78, 5) is 16.5. The summed E-state index contributed by atoms with van der Waals surface area (Å²) in [5.74, 6) is 1.00. The fraction of sp³-hybridized carbons (Fsp3) is 0.389. The fourth-order valence-electron chi connectivity index (χ4n) is 2.86. The van der Waals surface area contributed by atoms with Crippen LogP contribution >= 0.6 is 0 Å². The number of hydrogen-bond donors (Lipinski definition) is 1. The van der Waals surface area contributed by atoms with Crippen LogP contribution in [-0.2, 0) is 11.3 Å². The van der Waals surface area contributed by atoms with Crippen molar-refractivity contribution in [3.8, 4) is 0 Å². The molecule has 1 aliphatic rings. The van der Waals surface area contributed by atoms with Gasteiger partial charge in [0.05, 0.1) is 19.4 Å². The van der Waals surface area contributed by atoms with Crippen LogP contribution in [-0.4, -0.2) is 43.5 Å². The molecule has 0 bridgehead atoms. The lowest BCUT2D eigenvalue weighted by Crippen LogP contribution is -2.50. The second-order valence-electron chi connectivity index (χ2n) is 5.89. The monoisotopic (exact) mass is 313 g/mol. The molecule has 0 atom stereocenters. The highest BCUT2D eigenvalue weighted by Crippen LogP contribution is 2.17. The normalized spacial score (nSPS) is 15.0. The summed E-state index contributed by atoms with van der Waals surface area (Å²) in [6.07, 6.45) is 1.64. The van der Waals surface area contributed by atoms with Crippen LogP contribution < -0.4 is 10.2 Å². The number of piperazine rings is 1. The molecule has 1 amide bonds. The van der Waals surface area contributed by atoms with E-state index in [1.807, 2.05) is 17.0 Å². The molecule has 5 heteroatoms. The third-order valence-corrected chi connectivity index (χ3v) is 4.15. The number of anilines is 1. The van der Waals surface area contributed by atoms with Crippen molar-refractivity contribution in [2.75, 3.05) is 37.6 Å². The largest absolute Gasteiger partial charge is 0.468 e. The fourth-order valence-corrected chi connectivity index (χ4v) is 2.86. The van der Waals surface area contributed by atoms with Crippen LogP contribution in [0.15, 0.2) is 47.1 Å². The first-order chi connectivity index (χ1) is 11.2. The molecule has 1 aromatic heterocycles. The predicted octanol–water partition coefficient (Wildman–Crippen LogP) is 2.03. The zero-order valence-electron chi connectivity index (χ0n) is 13.5. The van der Waals surface area contributed by atoms with Crippen LogP contribution in [0.25, 0.3) is 0 Å². The number of benzene rings is 1. The third kappa shape index (κ3) is 4.13. The average molecular weight is 313 g/mol. The minimum absolute atomic E-state index is 0.153. The van der Waals surface area contributed by atoms with Gasteiger partial charge in [0, 0.05) is 31.9 Å². The van der Waals surface area contributed by atoms with Gasteiger partial charge in [0.15, 0.2) is 0 Å². The molecule has 1 N–H and O–H groups in total. The molecule has 0 unspecified atom stereocenters. The molecule has 3 rings (SSSR count). The number of rotatable bonds is 5. The first kappa shape index (κ1) is 15.6. The van der Waals surface area contributed by atoms with Gasteiger partial charge in [-0.2, -0.15) is 0 Å². The second kappa shape index (κ2) is 7.33. The number of nitrogens with one attached hydrogen (secondary N) is 1. The Kier molecular flexibility index (Phi) is 4.98. The van der Waals surface area contributed by atoms with Gasteiger partial charge < -0.3 is 19.5 Å². The highest BCUT2D eigenvalue weighted by molar-refractivity contribution is 5.78. The van der Waals surface area contributed by atoms with E-state index in [1.54, 1.807) is 6.26 Å². The summed E-state index contributed by atoms with van der Waals surface area (Å²) < 4.78 is 5.24. The minimum Gasteiger partial charge on any atom is -0.468 e. The number of aryl methyl sites for hydroxylation is 1. The van der Waals surface area contributed by atoms with Gasteiger partial charge in [-0.25, -0.2) is 0 Å². The SMILES string of the molecule is Cc1cccc(N2CCN(C(=O)CNCc3ccco3)CC2)c1. The third-order valence-electron chi connectivity index (χ3n) is 4.15. The van der Waals surface area contributed by atoms with E-state index in [9.17, 15) is 4.79 Å². The van der Waals surface area contributed by atoms with Crippen molar-refractivity contribution in [3.05, 3.63) is 54.0 Å². The maximum atomic E-state index is 12.2. The van der Waals surface area contributed by atoms with Crippen molar-refractivity contribution >= 4 is 11.6 Å². The Hall–Kier alpha value is -2.27. The molecule has 23 heavy (non-hydrogen) atoms. The molecule has 122 valence electrons. The first-order valence-corrected chi connectivity index (χ1v) is 8.05. The van der Waals surface area contributed by atoms with Crippen molar-refractivity contribution in [3.63, 3.8) is 0 Å². The van der Waals surface area contributed by atoms with E-state index in [-0.39, 0.29) is 5.91 Å². The van der Waals surface area contributed by atoms with Crippen LogP contribution in [0, 0.1) is 6.92 Å². The van der Waals surface area contributed by atoms with Gasteiger partial charge >= 0.3 is 0 Å². The van der Waals surface area contributed by atoms with Crippen molar-refractivity contribution in [1.82, 2.24) is 10.2 Å². The standard InChI is InChI=1S/C18H23N3O2/c1-15-4-2-5-16(12-15)20-7-9-21(10-8-20)18(22)14-19-13-17-6-3-11-23-17/h2-6,11-12,19H,7-10,13-14H2,1H3. The number of hydrogen-bond acceptors (Lipinski definition) is 4. The van der Waals surface area contributed by atoms with Crippen LogP contribution in [0.5, 0.6) is 0 Å². The zero-order valence-corrected chi connectivity index (χ0v) is 13.5. The number of carbonyl (C=O) groups excluding carboxylic acids is 1. The summed E-state index contributed by atoms with van der Waals surface area (Å²) in [6, 6.07) is 12.3. The van der Waals surface area contributed by atoms with Gasteiger partial charge in [0.1, 0.15) is 5.76 Å². The molecule has 2 aromatic rings. The Morgan fingerprint density at radius 2 is 2.00 bits per heavy atom. The molecule has 1 aromatic carbocycles. The highest BCUT2D eigenvalue weighted by Gasteiger charge is 2.20. The maximum Gasteiger partial charge on any atom is 0.236 e. The maximum absolute atomic E-state index is 12.2. The Morgan fingerprint density at radius 1 is 1.17 bits per heavy atom. The molecule has 0 spiro atoms. The van der Waals surface area contributed by atoms with Gasteiger partial charge in [0.25, 0.3) is 0 Å². The topological polar surface area (TPSA) is 48.7 Å². The average Bonchev–Trinajstić information content (AvgIpc) is 3.08. The van der Waals surface area contributed by atoms with Gasteiger partial charge in [-0.1, -0.05) is 12.1 Å². The first-order valence-electron chi connectivity index (χ1n) is 8.05. The molecule has 0 saturated carbocycles. The minimum atomic E-state index is 0.153. The highest BCUT2D eigenvalue weighted by atomic mass is 16.3. The van der Waals surface area contributed by atoms with Crippen LogP contribution in [0.1, 0.15) is 11.3 Å². The van der Waals surface area contributed by atoms with E-state index in [0.717, 1.165) is 31.9 Å². The van der Waals surface area contributed by atoms with E-state index in [2.05, 4.69) is 41.4 Å². The lowest BCUT2D eigenvalue weighted by Gasteiger charge is -2.36. The summed E-state index contributed by atoms with van der Waals surface area (Å²) in [7, 11) is 0. The molecule has 1 fully saturated rings. The molecular weight excluding hydrogens is 290 g/mol. The van der Waals surface area contributed by atoms with Gasteiger partial charge in [-0.3, -0.25) is 4.79 Å². The lowest BCUT2D eigenvalue weighted by atomic mass is 10.2. The lowest BCUT2D eigenvalue weighted by molar-refractivity contribution is -0.130. The van der Waals surface area contributed by atoms with Crippen LogP contribution in [0.2, 0.25) is 0 Å². The van der Waals surface area contributed by atoms with Crippen molar-refractivity contribution < 1.29 is 9.21 Å². The summed E-state index contributed by atoms with van der Waals surface area (Å²) in [6.45, 7) is 6.35. The van der Waals surface area contributed by atoms with Gasteiger partial charge in [-0.05, 0) is 36.8 Å². The Labute approximate surface area is 136 Å². The van der Waals surface area contributed by atoms with E-state index in [4.69, 9.17) is 4.42 Å². The quantitative estimate of drug-likeness (QED) is 0.917. The zero-order chi connectivity index (χ0) is 16.1. The van der Waals surface area contributed by atoms with Crippen molar-refractivity contribution in [1.29, 1.82) is 0 Å². The molecular formula is C18H23N3O2. The number of furan rings is 1. The molecule has 0 aliphatic carbocycles. The molecule has 5 nitrogen and oxygen atoms in total. The molecule has 1 saturated heterocycles. The Morgan fingerprint density at radius 3 is 2.70 bits per heavy atom. The van der Waals surface area contributed by atoms with Crippen molar-refractivity contribution in [2.24, 2.45) is 0 Å². The Bertz CT molecular complexity index is 631. The second-order valence-corrected chi connectivity index (χ2v) is 5.89.